The summed E-state index contributed by atoms with van der Waals surface area (Å²) >= 11 is 0. The average Bonchev–Trinajstić information content (AvgIpc) is 3.24. The molecule has 1 aliphatic heterocycles. The van der Waals surface area contributed by atoms with Crippen molar-refractivity contribution >= 4 is 5.91 Å². The Morgan fingerprint density at radius 3 is 2.68 bits per heavy atom. The van der Waals surface area contributed by atoms with E-state index in [2.05, 4.69) is 15.3 Å². The molecule has 1 aromatic carbocycles. The molecule has 0 aliphatic carbocycles. The van der Waals surface area contributed by atoms with Crippen molar-refractivity contribution < 1.29 is 9.53 Å². The summed E-state index contributed by atoms with van der Waals surface area (Å²) in [6.45, 7) is 4.91. The minimum atomic E-state index is -0.274. The van der Waals surface area contributed by atoms with Crippen molar-refractivity contribution in [2.24, 2.45) is 0 Å². The molecular weight excluding hydrogens is 356 g/mol. The number of ether oxygens (including phenoxy) is 1. The maximum absolute atomic E-state index is 12.7. The zero-order valence-electron chi connectivity index (χ0n) is 16.6. The van der Waals surface area contributed by atoms with Crippen LogP contribution < -0.4 is 15.6 Å². The molecule has 1 N–H and O–H groups in total. The van der Waals surface area contributed by atoms with Gasteiger partial charge in [0.15, 0.2) is 0 Å². The molecule has 1 aliphatic rings. The Hall–Kier alpha value is -2.67. The van der Waals surface area contributed by atoms with E-state index in [4.69, 9.17) is 4.74 Å². The number of rotatable bonds is 8. The molecule has 7 nitrogen and oxygen atoms in total. The lowest BCUT2D eigenvalue weighted by atomic mass is 10.0. The van der Waals surface area contributed by atoms with Gasteiger partial charge < -0.3 is 10.1 Å². The van der Waals surface area contributed by atoms with Crippen LogP contribution in [0.15, 0.2) is 41.2 Å². The molecule has 1 fully saturated rings. The van der Waals surface area contributed by atoms with E-state index in [9.17, 15) is 9.59 Å². The zero-order chi connectivity index (χ0) is 19.9. The van der Waals surface area contributed by atoms with Crippen LogP contribution in [0, 0.1) is 0 Å². The molecule has 28 heavy (non-hydrogen) atoms. The summed E-state index contributed by atoms with van der Waals surface area (Å²) in [6, 6.07) is 10.8. The predicted octanol–water partition coefficient (Wildman–Crippen LogP) is 2.23. The molecule has 0 spiro atoms. The first-order valence-corrected chi connectivity index (χ1v) is 9.87. The smallest absolute Gasteiger partial charge is 0.271 e. The first-order chi connectivity index (χ1) is 13.6. The maximum Gasteiger partial charge on any atom is 0.271 e. The highest BCUT2D eigenvalue weighted by Gasteiger charge is 2.26. The molecule has 1 aromatic heterocycles. The van der Waals surface area contributed by atoms with Crippen molar-refractivity contribution in [3.63, 3.8) is 0 Å². The average molecular weight is 384 g/mol. The second-order valence-electron chi connectivity index (χ2n) is 6.99. The van der Waals surface area contributed by atoms with Gasteiger partial charge in [-0.25, -0.2) is 4.68 Å². The zero-order valence-corrected chi connectivity index (χ0v) is 16.6. The highest BCUT2D eigenvalue weighted by Crippen LogP contribution is 2.31. The number of aromatic nitrogens is 2. The van der Waals surface area contributed by atoms with Gasteiger partial charge in [0.1, 0.15) is 11.4 Å². The lowest BCUT2D eigenvalue weighted by Gasteiger charge is -2.29. The normalized spacial score (nSPS) is 15.4. The monoisotopic (exact) mass is 384 g/mol. The van der Waals surface area contributed by atoms with E-state index in [1.807, 2.05) is 31.2 Å². The van der Waals surface area contributed by atoms with Gasteiger partial charge in [-0.3, -0.25) is 14.5 Å². The fourth-order valence-corrected chi connectivity index (χ4v) is 3.65. The standard InChI is InChI=1S/C21H28N4O3/c1-3-12-25-20(26)11-10-17(23-25)21(27)22-15-18(24-13-6-7-14-24)16-8-4-5-9-19(16)28-2/h4-5,8-11,18H,3,6-7,12-15H2,1-2H3,(H,22,27). The molecule has 3 rings (SSSR count). The van der Waals surface area contributed by atoms with Gasteiger partial charge in [0, 0.05) is 24.7 Å². The minimum absolute atomic E-state index is 0.0316. The molecule has 7 heteroatoms. The number of para-hydroxylation sites is 1. The topological polar surface area (TPSA) is 76.5 Å². The Morgan fingerprint density at radius 2 is 1.96 bits per heavy atom. The van der Waals surface area contributed by atoms with Crippen LogP contribution in [0.3, 0.4) is 0 Å². The number of hydrogen-bond acceptors (Lipinski definition) is 5. The predicted molar refractivity (Wildman–Crippen MR) is 108 cm³/mol. The summed E-state index contributed by atoms with van der Waals surface area (Å²) in [5.41, 5.74) is 1.13. The highest BCUT2D eigenvalue weighted by molar-refractivity contribution is 5.92. The molecule has 0 bridgehead atoms. The van der Waals surface area contributed by atoms with Crippen LogP contribution in [0.2, 0.25) is 0 Å². The number of hydrogen-bond donors (Lipinski definition) is 1. The summed E-state index contributed by atoms with van der Waals surface area (Å²) in [6.07, 6.45) is 3.09. The van der Waals surface area contributed by atoms with E-state index in [0.717, 1.165) is 43.7 Å². The number of carbonyl (C=O) groups excluding carboxylic acids is 1. The molecule has 0 saturated carbocycles. The van der Waals surface area contributed by atoms with Crippen molar-refractivity contribution in [1.29, 1.82) is 0 Å². The number of nitrogens with one attached hydrogen (secondary N) is 1. The number of amides is 1. The molecule has 1 saturated heterocycles. The Morgan fingerprint density at radius 1 is 1.21 bits per heavy atom. The van der Waals surface area contributed by atoms with E-state index in [1.54, 1.807) is 7.11 Å². The van der Waals surface area contributed by atoms with Gasteiger partial charge in [0.25, 0.3) is 11.5 Å². The first kappa shape index (κ1) is 20.1. The maximum atomic E-state index is 12.7. The van der Waals surface area contributed by atoms with Gasteiger partial charge in [-0.05, 0) is 44.5 Å². The molecule has 2 heterocycles. The van der Waals surface area contributed by atoms with E-state index in [0.29, 0.717) is 13.1 Å². The van der Waals surface area contributed by atoms with Crippen molar-refractivity contribution in [2.45, 2.75) is 38.8 Å². The number of likely N-dealkylation sites (tertiary alicyclic amines) is 1. The molecule has 2 aromatic rings. The lowest BCUT2D eigenvalue weighted by Crippen LogP contribution is -2.38. The summed E-state index contributed by atoms with van der Waals surface area (Å²) in [5, 5.41) is 7.20. The van der Waals surface area contributed by atoms with Crippen LogP contribution in [0.4, 0.5) is 0 Å². The number of nitrogens with zero attached hydrogens (tertiary/aromatic N) is 3. The first-order valence-electron chi connectivity index (χ1n) is 9.87. The van der Waals surface area contributed by atoms with Crippen molar-refractivity contribution in [3.05, 3.63) is 58.0 Å². The molecule has 1 amide bonds. The third kappa shape index (κ3) is 4.59. The molecule has 1 atom stereocenters. The van der Waals surface area contributed by atoms with Crippen LogP contribution in [-0.2, 0) is 6.54 Å². The summed E-state index contributed by atoms with van der Waals surface area (Å²) in [4.78, 5) is 26.9. The Labute approximate surface area is 165 Å². The third-order valence-electron chi connectivity index (χ3n) is 5.07. The summed E-state index contributed by atoms with van der Waals surface area (Å²) in [7, 11) is 1.67. The van der Waals surface area contributed by atoms with E-state index in [-0.39, 0.29) is 23.2 Å². The van der Waals surface area contributed by atoms with E-state index >= 15 is 0 Å². The molecular formula is C21H28N4O3. The SMILES string of the molecule is CCCn1nc(C(=O)NCC(c2ccccc2OC)N2CCCC2)ccc1=O. The van der Waals surface area contributed by atoms with E-state index < -0.39 is 0 Å². The van der Waals surface area contributed by atoms with Crippen LogP contribution in [0.25, 0.3) is 0 Å². The number of aryl methyl sites for hydroxylation is 1. The van der Waals surface area contributed by atoms with Crippen molar-refractivity contribution in [3.8, 4) is 5.75 Å². The van der Waals surface area contributed by atoms with E-state index in [1.165, 1.54) is 16.8 Å². The largest absolute Gasteiger partial charge is 0.496 e. The summed E-state index contributed by atoms with van der Waals surface area (Å²) in [5.74, 6) is 0.548. The van der Waals surface area contributed by atoms with Crippen molar-refractivity contribution in [2.75, 3.05) is 26.7 Å². The fourth-order valence-electron chi connectivity index (χ4n) is 3.65. The second-order valence-corrected chi connectivity index (χ2v) is 6.99. The Kier molecular flexibility index (Phi) is 6.81. The number of methoxy groups -OCH3 is 1. The number of carbonyl (C=O) groups is 1. The Bertz CT molecular complexity index is 859. The Balaban J connectivity index is 1.77. The second kappa shape index (κ2) is 9.50. The lowest BCUT2D eigenvalue weighted by molar-refractivity contribution is 0.0929. The van der Waals surface area contributed by atoms with Gasteiger partial charge in [-0.1, -0.05) is 25.1 Å². The fraction of sp³-hybridized carbons (Fsp3) is 0.476. The molecule has 0 radical (unpaired) electrons. The summed E-state index contributed by atoms with van der Waals surface area (Å²) < 4.78 is 6.88. The molecule has 1 unspecified atom stereocenters. The van der Waals surface area contributed by atoms with Gasteiger partial charge in [0.2, 0.25) is 0 Å². The van der Waals surface area contributed by atoms with Gasteiger partial charge in [0.05, 0.1) is 13.2 Å². The minimum Gasteiger partial charge on any atom is -0.496 e. The quantitative estimate of drug-likeness (QED) is 0.755. The van der Waals surface area contributed by atoms with Crippen LogP contribution in [0.5, 0.6) is 5.75 Å². The number of benzene rings is 1. The highest BCUT2D eigenvalue weighted by atomic mass is 16.5. The van der Waals surface area contributed by atoms with Gasteiger partial charge in [-0.2, -0.15) is 5.10 Å². The third-order valence-corrected chi connectivity index (χ3v) is 5.07. The van der Waals surface area contributed by atoms with Gasteiger partial charge in [-0.15, -0.1) is 0 Å². The molecule has 150 valence electrons. The van der Waals surface area contributed by atoms with Crippen LogP contribution in [-0.4, -0.2) is 47.3 Å². The van der Waals surface area contributed by atoms with Crippen molar-refractivity contribution in [1.82, 2.24) is 20.0 Å². The van der Waals surface area contributed by atoms with Crippen LogP contribution >= 0.6 is 0 Å². The van der Waals surface area contributed by atoms with Gasteiger partial charge >= 0.3 is 0 Å². The van der Waals surface area contributed by atoms with Crippen LogP contribution in [0.1, 0.15) is 48.3 Å².